The monoisotopic (exact) mass is 264 g/mol. The third-order valence-corrected chi connectivity index (χ3v) is 4.69. The van der Waals surface area contributed by atoms with Crippen molar-refractivity contribution < 1.29 is 4.79 Å². The first-order chi connectivity index (χ1) is 8.65. The van der Waals surface area contributed by atoms with Crippen molar-refractivity contribution in [3.05, 3.63) is 28.8 Å². The van der Waals surface area contributed by atoms with Gasteiger partial charge >= 0.3 is 6.03 Å². The second kappa shape index (κ2) is 4.16. The average Bonchev–Trinajstić information content (AvgIpc) is 2.39. The molecule has 3 nitrogen and oxygen atoms in total. The molecule has 0 unspecified atom stereocenters. The molecular weight excluding hydrogens is 248 g/mol. The number of para-hydroxylation sites is 1. The predicted molar refractivity (Wildman–Crippen MR) is 73.0 cm³/mol. The van der Waals surface area contributed by atoms with Gasteiger partial charge in [-0.05, 0) is 18.9 Å². The van der Waals surface area contributed by atoms with Crippen molar-refractivity contribution in [1.82, 2.24) is 4.90 Å². The number of urea groups is 1. The molecule has 3 rings (SSSR count). The zero-order valence-corrected chi connectivity index (χ0v) is 11.3. The average molecular weight is 265 g/mol. The number of fused-ring (bicyclic) bond motifs is 2. The highest BCUT2D eigenvalue weighted by Crippen LogP contribution is 2.48. The molecule has 0 saturated heterocycles. The number of carbonyl (C=O) groups is 1. The van der Waals surface area contributed by atoms with Gasteiger partial charge in [-0.1, -0.05) is 43.0 Å². The van der Waals surface area contributed by atoms with Gasteiger partial charge in [-0.3, -0.25) is 0 Å². The van der Waals surface area contributed by atoms with Gasteiger partial charge in [0, 0.05) is 12.6 Å². The van der Waals surface area contributed by atoms with Gasteiger partial charge in [-0.2, -0.15) is 0 Å². The Hall–Kier alpha value is -1.22. The minimum absolute atomic E-state index is 0.0440. The van der Waals surface area contributed by atoms with Crippen LogP contribution in [0.15, 0.2) is 18.2 Å². The van der Waals surface area contributed by atoms with Crippen molar-refractivity contribution >= 4 is 23.3 Å². The molecule has 1 N–H and O–H groups in total. The second-order valence-electron chi connectivity index (χ2n) is 5.24. The van der Waals surface area contributed by atoms with Gasteiger partial charge in [0.2, 0.25) is 0 Å². The summed E-state index contributed by atoms with van der Waals surface area (Å²) < 4.78 is 0. The lowest BCUT2D eigenvalue weighted by atomic mass is 9.74. The SMILES string of the molecule is CN1C(=O)Nc2c(Cl)cccc2C12CCCCC2. The van der Waals surface area contributed by atoms with Gasteiger partial charge < -0.3 is 10.2 Å². The van der Waals surface area contributed by atoms with Crippen molar-refractivity contribution in [2.45, 2.75) is 37.6 Å². The largest absolute Gasteiger partial charge is 0.322 e. The number of halogens is 1. The molecule has 1 aliphatic heterocycles. The van der Waals surface area contributed by atoms with E-state index in [1.165, 1.54) is 24.8 Å². The zero-order chi connectivity index (χ0) is 12.8. The molecular formula is C14H17ClN2O. The summed E-state index contributed by atoms with van der Waals surface area (Å²) in [5.74, 6) is 0. The molecule has 1 saturated carbocycles. The standard InChI is InChI=1S/C14H17ClN2O/c1-17-13(18)16-12-10(6-5-7-11(12)15)14(17)8-3-2-4-9-14/h5-7H,2-4,8-9H2,1H3,(H,16,18). The molecule has 4 heteroatoms. The summed E-state index contributed by atoms with van der Waals surface area (Å²) in [7, 11) is 1.89. The lowest BCUT2D eigenvalue weighted by Gasteiger charge is -2.48. The lowest BCUT2D eigenvalue weighted by Crippen LogP contribution is -2.53. The third kappa shape index (κ3) is 1.53. The van der Waals surface area contributed by atoms with Crippen molar-refractivity contribution in [2.24, 2.45) is 0 Å². The number of nitrogens with one attached hydrogen (secondary N) is 1. The normalized spacial score (nSPS) is 21.7. The van der Waals surface area contributed by atoms with E-state index in [0.29, 0.717) is 5.02 Å². The molecule has 2 amide bonds. The number of rotatable bonds is 0. The zero-order valence-electron chi connectivity index (χ0n) is 10.5. The van der Waals surface area contributed by atoms with E-state index in [-0.39, 0.29) is 11.6 Å². The van der Waals surface area contributed by atoms with Crippen molar-refractivity contribution in [1.29, 1.82) is 0 Å². The number of hydrogen-bond donors (Lipinski definition) is 1. The lowest BCUT2D eigenvalue weighted by molar-refractivity contribution is 0.0999. The van der Waals surface area contributed by atoms with Crippen LogP contribution in [0.2, 0.25) is 5.02 Å². The molecule has 0 radical (unpaired) electrons. The summed E-state index contributed by atoms with van der Waals surface area (Å²) in [6, 6.07) is 5.87. The minimum Gasteiger partial charge on any atom is -0.318 e. The van der Waals surface area contributed by atoms with E-state index in [9.17, 15) is 4.79 Å². The molecule has 0 bridgehead atoms. The molecule has 0 aromatic heterocycles. The number of benzene rings is 1. The van der Waals surface area contributed by atoms with Crippen LogP contribution >= 0.6 is 11.6 Å². The van der Waals surface area contributed by atoms with Gasteiger partial charge in [0.1, 0.15) is 0 Å². The topological polar surface area (TPSA) is 32.3 Å². The van der Waals surface area contributed by atoms with Gasteiger partial charge in [-0.15, -0.1) is 0 Å². The van der Waals surface area contributed by atoms with Crippen LogP contribution in [0, 0.1) is 0 Å². The summed E-state index contributed by atoms with van der Waals surface area (Å²) >= 11 is 6.22. The van der Waals surface area contributed by atoms with E-state index in [1.807, 2.05) is 24.1 Å². The van der Waals surface area contributed by atoms with E-state index in [0.717, 1.165) is 18.5 Å². The fourth-order valence-electron chi connectivity index (χ4n) is 3.35. The molecule has 1 heterocycles. The molecule has 18 heavy (non-hydrogen) atoms. The Labute approximate surface area is 112 Å². The number of hydrogen-bond acceptors (Lipinski definition) is 1. The van der Waals surface area contributed by atoms with E-state index < -0.39 is 0 Å². The summed E-state index contributed by atoms with van der Waals surface area (Å²) in [5.41, 5.74) is 1.84. The maximum absolute atomic E-state index is 12.1. The van der Waals surface area contributed by atoms with Crippen molar-refractivity contribution in [2.75, 3.05) is 12.4 Å². The van der Waals surface area contributed by atoms with Crippen LogP contribution in [0.5, 0.6) is 0 Å². The summed E-state index contributed by atoms with van der Waals surface area (Å²) in [6.45, 7) is 0. The number of anilines is 1. The Balaban J connectivity index is 2.18. The first-order valence-corrected chi connectivity index (χ1v) is 6.87. The molecule has 1 aromatic carbocycles. The predicted octanol–water partition coefficient (Wildman–Crippen LogP) is 3.98. The Bertz CT molecular complexity index is 495. The number of amides is 2. The van der Waals surface area contributed by atoms with E-state index in [4.69, 9.17) is 11.6 Å². The quantitative estimate of drug-likeness (QED) is 0.755. The Morgan fingerprint density at radius 3 is 2.72 bits per heavy atom. The maximum atomic E-state index is 12.1. The third-order valence-electron chi connectivity index (χ3n) is 4.37. The molecule has 1 aliphatic carbocycles. The van der Waals surface area contributed by atoms with Crippen LogP contribution in [0.1, 0.15) is 37.7 Å². The van der Waals surface area contributed by atoms with E-state index in [1.54, 1.807) is 0 Å². The fraction of sp³-hybridized carbons (Fsp3) is 0.500. The number of nitrogens with zero attached hydrogens (tertiary/aromatic N) is 1. The Kier molecular flexibility index (Phi) is 2.74. The highest BCUT2D eigenvalue weighted by Gasteiger charge is 2.45. The second-order valence-corrected chi connectivity index (χ2v) is 5.65. The Morgan fingerprint density at radius 2 is 2.00 bits per heavy atom. The maximum Gasteiger partial charge on any atom is 0.322 e. The van der Waals surface area contributed by atoms with Crippen LogP contribution in [0.4, 0.5) is 10.5 Å². The summed E-state index contributed by atoms with van der Waals surface area (Å²) in [4.78, 5) is 14.0. The van der Waals surface area contributed by atoms with Gasteiger partial charge in [-0.25, -0.2) is 4.79 Å². The molecule has 1 aromatic rings. The molecule has 1 fully saturated rings. The summed E-state index contributed by atoms with van der Waals surface area (Å²) in [6.07, 6.45) is 5.66. The van der Waals surface area contributed by atoms with Crippen LogP contribution < -0.4 is 5.32 Å². The minimum atomic E-state index is -0.152. The Morgan fingerprint density at radius 1 is 1.28 bits per heavy atom. The van der Waals surface area contributed by atoms with Crippen LogP contribution in [0.25, 0.3) is 0 Å². The smallest absolute Gasteiger partial charge is 0.318 e. The van der Waals surface area contributed by atoms with Gasteiger partial charge in [0.25, 0.3) is 0 Å². The first-order valence-electron chi connectivity index (χ1n) is 6.49. The van der Waals surface area contributed by atoms with E-state index >= 15 is 0 Å². The van der Waals surface area contributed by atoms with E-state index in [2.05, 4.69) is 11.4 Å². The molecule has 0 atom stereocenters. The highest BCUT2D eigenvalue weighted by molar-refractivity contribution is 6.34. The van der Waals surface area contributed by atoms with Crippen LogP contribution in [0.3, 0.4) is 0 Å². The van der Waals surface area contributed by atoms with Gasteiger partial charge in [0.15, 0.2) is 0 Å². The first kappa shape index (κ1) is 11.8. The molecule has 2 aliphatic rings. The number of carbonyl (C=O) groups excluding carboxylic acids is 1. The van der Waals surface area contributed by atoms with Crippen molar-refractivity contribution in [3.8, 4) is 0 Å². The van der Waals surface area contributed by atoms with Gasteiger partial charge in [0.05, 0.1) is 16.2 Å². The van der Waals surface area contributed by atoms with Crippen LogP contribution in [-0.2, 0) is 5.54 Å². The molecule has 1 spiro atoms. The fourth-order valence-corrected chi connectivity index (χ4v) is 3.57. The highest BCUT2D eigenvalue weighted by atomic mass is 35.5. The van der Waals surface area contributed by atoms with Crippen LogP contribution in [-0.4, -0.2) is 18.0 Å². The van der Waals surface area contributed by atoms with Crippen molar-refractivity contribution in [3.63, 3.8) is 0 Å². The molecule has 96 valence electrons. The summed E-state index contributed by atoms with van der Waals surface area (Å²) in [5, 5.41) is 3.54.